The lowest BCUT2D eigenvalue weighted by atomic mass is 10.0. The van der Waals surface area contributed by atoms with Gasteiger partial charge in [0.05, 0.1) is 12.9 Å². The highest BCUT2D eigenvalue weighted by Crippen LogP contribution is 2.20. The smallest absolute Gasteiger partial charge is 0.318 e. The van der Waals surface area contributed by atoms with Gasteiger partial charge in [-0.1, -0.05) is 12.1 Å². The lowest BCUT2D eigenvalue weighted by Gasteiger charge is -2.30. The summed E-state index contributed by atoms with van der Waals surface area (Å²) in [5, 5.41) is 36.5. The van der Waals surface area contributed by atoms with Gasteiger partial charge < -0.3 is 57.9 Å². The molecule has 0 unspecified atom stereocenters. The zero-order chi connectivity index (χ0) is 37.8. The molecule has 2 heterocycles. The number of phenolic OH excluding ortho intramolecular Hbond substituents is 1. The predicted molar refractivity (Wildman–Crippen MR) is 185 cm³/mol. The lowest BCUT2D eigenvalue weighted by Crippen LogP contribution is -2.60. The first-order valence-corrected chi connectivity index (χ1v) is 16.8. The van der Waals surface area contributed by atoms with Crippen molar-refractivity contribution < 1.29 is 48.9 Å². The van der Waals surface area contributed by atoms with Gasteiger partial charge in [0.2, 0.25) is 35.4 Å². The van der Waals surface area contributed by atoms with E-state index in [1.165, 1.54) is 41.7 Å². The van der Waals surface area contributed by atoms with Crippen LogP contribution in [0.25, 0.3) is 0 Å². The number of hydrogen-bond acceptors (Lipinski definition) is 13. The molecule has 0 saturated carbocycles. The average molecular weight is 752 g/mol. The number of aromatic hydroxyl groups is 1. The highest BCUT2D eigenvalue weighted by Gasteiger charge is 2.40. The van der Waals surface area contributed by atoms with E-state index in [4.69, 9.17) is 11.5 Å². The molecule has 19 nitrogen and oxygen atoms in total. The number of primary amides is 1. The molecule has 51 heavy (non-hydrogen) atoms. The molecule has 0 radical (unpaired) electrons. The molecule has 1 aromatic heterocycles. The number of nitrogens with one attached hydrogen (secondary N) is 5. The number of aromatic nitrogens is 2. The molecule has 0 spiro atoms. The number of thiol groups is 2. The fourth-order valence-electron chi connectivity index (χ4n) is 5.17. The molecule has 21 heteroatoms. The van der Waals surface area contributed by atoms with Gasteiger partial charge in [0.1, 0.15) is 47.3 Å². The van der Waals surface area contributed by atoms with Crippen LogP contribution in [0.5, 0.6) is 5.75 Å². The van der Waals surface area contributed by atoms with E-state index in [1.54, 1.807) is 0 Å². The molecule has 0 bridgehead atoms. The summed E-state index contributed by atoms with van der Waals surface area (Å²) in [5.41, 5.74) is 11.9. The molecule has 3 rings (SSSR count). The van der Waals surface area contributed by atoms with E-state index in [2.05, 4.69) is 56.5 Å². The Morgan fingerprint density at radius 3 is 2.14 bits per heavy atom. The summed E-state index contributed by atoms with van der Waals surface area (Å²) in [6.07, 6.45) is 3.13. The summed E-state index contributed by atoms with van der Waals surface area (Å²) in [5.74, 6) is -6.83. The molecule has 6 amide bonds. The topological polar surface area (TPSA) is 312 Å². The van der Waals surface area contributed by atoms with Crippen LogP contribution in [0.3, 0.4) is 0 Å². The first-order valence-electron chi connectivity index (χ1n) is 15.6. The van der Waals surface area contributed by atoms with Gasteiger partial charge in [-0.25, -0.2) is 4.98 Å². The minimum Gasteiger partial charge on any atom is -0.508 e. The first kappa shape index (κ1) is 40.6. The number of imidazole rings is 1. The predicted octanol–water partition coefficient (Wildman–Crippen LogP) is -4.05. The molecule has 2 aromatic rings. The fraction of sp³-hybridized carbons (Fsp3) is 0.467. The van der Waals surface area contributed by atoms with Crippen LogP contribution in [0.4, 0.5) is 0 Å². The quantitative estimate of drug-likeness (QED) is 0.0648. The van der Waals surface area contributed by atoms with Crippen molar-refractivity contribution in [2.45, 2.75) is 67.2 Å². The number of rotatable bonds is 18. The maximum absolute atomic E-state index is 13.8. The number of amides is 6. The summed E-state index contributed by atoms with van der Waals surface area (Å²) in [7, 11) is 0. The van der Waals surface area contributed by atoms with Gasteiger partial charge in [-0.3, -0.25) is 33.6 Å². The van der Waals surface area contributed by atoms with Crippen molar-refractivity contribution >= 4 is 66.7 Å². The molecule has 0 aliphatic carbocycles. The number of aromatic amines is 1. The van der Waals surface area contributed by atoms with Gasteiger partial charge in [0.15, 0.2) is 0 Å². The van der Waals surface area contributed by atoms with Crippen LogP contribution < -0.4 is 32.7 Å². The molecular weight excluding hydrogens is 711 g/mol. The monoisotopic (exact) mass is 751 g/mol. The number of aliphatic hydroxyl groups excluding tert-OH is 1. The van der Waals surface area contributed by atoms with E-state index in [9.17, 15) is 48.9 Å². The van der Waals surface area contributed by atoms with Crippen LogP contribution in [0.1, 0.15) is 24.1 Å². The van der Waals surface area contributed by atoms with Crippen LogP contribution in [0, 0.1) is 0 Å². The van der Waals surface area contributed by atoms with E-state index in [0.29, 0.717) is 17.7 Å². The Labute approximate surface area is 302 Å². The van der Waals surface area contributed by atoms with Crippen LogP contribution in [0.15, 0.2) is 36.8 Å². The number of nitrogens with two attached hydrogens (primary N) is 2. The SMILES string of the molecule is NC(=O)[C@H](CO)NC(=O)[C@H](Cc1ccc(O)cc1)NC(=O)[C@H](CS)NC(=O)[C@@H]1CCCN1C(=O)[C@H](Cc1cnc[nH]1)NC(=O)[C@@H](N)[C@@H](S)C(=O)O. The standard InChI is InChI=1S/C30H41N9O10S2/c31-22(23(51)30(48)49)28(46)36-18(9-15-10-33-13-34-15)29(47)39-7-1-2-21(39)27(45)38-20(12-50)26(44)35-17(8-14-3-5-16(41)6-4-14)25(43)37-19(11-40)24(32)42/h3-6,10,13,17-23,40-41,50-51H,1-2,7-9,11-12,31H2,(H2,32,42)(H,33,34)(H,35,44)(H,36,46)(H,37,43)(H,38,45)(H,48,49)/t17-,18-,19-,20-,21-,22-,23+/m0/s1. The fourth-order valence-corrected chi connectivity index (χ4v) is 5.57. The molecule has 1 aliphatic heterocycles. The van der Waals surface area contributed by atoms with Gasteiger partial charge in [-0.05, 0) is 30.5 Å². The van der Waals surface area contributed by atoms with E-state index in [-0.39, 0.29) is 37.3 Å². The number of carboxylic acid groups (broad SMARTS) is 1. The summed E-state index contributed by atoms with van der Waals surface area (Å²) in [6.45, 7) is -0.689. The van der Waals surface area contributed by atoms with E-state index in [1.807, 2.05) is 0 Å². The Balaban J connectivity index is 1.76. The van der Waals surface area contributed by atoms with Crippen LogP contribution in [0.2, 0.25) is 0 Å². The number of H-pyrrole nitrogens is 1. The Bertz CT molecular complexity index is 1560. The number of nitrogens with zero attached hydrogens (tertiary/aromatic N) is 2. The number of carboxylic acids is 1. The molecular formula is C30H41N9O10S2. The number of carbonyl (C=O) groups is 7. The van der Waals surface area contributed by atoms with Gasteiger partial charge in [-0.15, -0.1) is 0 Å². The number of aliphatic carboxylic acids is 1. The largest absolute Gasteiger partial charge is 0.508 e. The van der Waals surface area contributed by atoms with E-state index in [0.717, 1.165) is 0 Å². The van der Waals surface area contributed by atoms with Gasteiger partial charge in [-0.2, -0.15) is 25.3 Å². The maximum Gasteiger partial charge on any atom is 0.318 e. The molecule has 12 N–H and O–H groups in total. The van der Waals surface area contributed by atoms with Gasteiger partial charge in [0, 0.05) is 37.0 Å². The van der Waals surface area contributed by atoms with Crippen LogP contribution in [-0.2, 0) is 46.4 Å². The second-order valence-electron chi connectivity index (χ2n) is 11.7. The van der Waals surface area contributed by atoms with Crippen molar-refractivity contribution in [2.75, 3.05) is 18.9 Å². The second kappa shape index (κ2) is 18.9. The summed E-state index contributed by atoms with van der Waals surface area (Å²) in [4.78, 5) is 97.7. The third kappa shape index (κ3) is 11.3. The van der Waals surface area contributed by atoms with Crippen molar-refractivity contribution in [1.29, 1.82) is 0 Å². The average Bonchev–Trinajstić information content (AvgIpc) is 3.81. The van der Waals surface area contributed by atoms with Crippen molar-refractivity contribution in [2.24, 2.45) is 11.5 Å². The normalized spacial score (nSPS) is 17.6. The number of carbonyl (C=O) groups excluding carboxylic acids is 6. The molecule has 278 valence electrons. The van der Waals surface area contributed by atoms with E-state index >= 15 is 0 Å². The minimum atomic E-state index is -1.61. The summed E-state index contributed by atoms with van der Waals surface area (Å²) < 4.78 is 0. The molecule has 1 aliphatic rings. The maximum atomic E-state index is 13.8. The van der Waals surface area contributed by atoms with E-state index < -0.39 is 89.5 Å². The van der Waals surface area contributed by atoms with Crippen LogP contribution in [-0.4, -0.2) is 132 Å². The van der Waals surface area contributed by atoms with Gasteiger partial charge in [0.25, 0.3) is 0 Å². The Kier molecular flexibility index (Phi) is 15.1. The third-order valence-electron chi connectivity index (χ3n) is 8.00. The number of benzene rings is 1. The van der Waals surface area contributed by atoms with Crippen molar-refractivity contribution in [3.63, 3.8) is 0 Å². The highest BCUT2D eigenvalue weighted by molar-refractivity contribution is 7.81. The Morgan fingerprint density at radius 2 is 1.57 bits per heavy atom. The minimum absolute atomic E-state index is 0.0433. The molecule has 7 atom stereocenters. The molecule has 1 aromatic carbocycles. The zero-order valence-corrected chi connectivity index (χ0v) is 28.9. The lowest BCUT2D eigenvalue weighted by molar-refractivity contribution is -0.142. The number of likely N-dealkylation sites (tertiary alicyclic amines) is 1. The van der Waals surface area contributed by atoms with Crippen LogP contribution >= 0.6 is 25.3 Å². The molecule has 1 fully saturated rings. The number of aliphatic hydroxyl groups is 1. The highest BCUT2D eigenvalue weighted by atomic mass is 32.1. The number of hydrogen-bond donors (Lipinski definition) is 12. The third-order valence-corrected chi connectivity index (χ3v) is 8.90. The number of phenols is 1. The molecule has 1 saturated heterocycles. The van der Waals surface area contributed by atoms with Crippen molar-refractivity contribution in [1.82, 2.24) is 36.1 Å². The van der Waals surface area contributed by atoms with Crippen molar-refractivity contribution in [3.8, 4) is 5.75 Å². The zero-order valence-electron chi connectivity index (χ0n) is 27.1. The summed E-state index contributed by atoms with van der Waals surface area (Å²) in [6, 6.07) is -2.36. The summed E-state index contributed by atoms with van der Waals surface area (Å²) >= 11 is 8.04. The second-order valence-corrected chi connectivity index (χ2v) is 12.6. The Hall–Kier alpha value is -4.86. The first-order chi connectivity index (χ1) is 24.2. The van der Waals surface area contributed by atoms with Gasteiger partial charge >= 0.3 is 5.97 Å². The van der Waals surface area contributed by atoms with Crippen molar-refractivity contribution in [3.05, 3.63) is 48.0 Å². The Morgan fingerprint density at radius 1 is 0.941 bits per heavy atom.